The fourth-order valence-electron chi connectivity index (χ4n) is 2.65. The zero-order valence-corrected chi connectivity index (χ0v) is 11.2. The maximum absolute atomic E-state index is 12.0. The lowest BCUT2D eigenvalue weighted by Gasteiger charge is -2.16. The van der Waals surface area contributed by atoms with Crippen molar-refractivity contribution in [2.75, 3.05) is 0 Å². The Bertz CT molecular complexity index is 378. The van der Waals surface area contributed by atoms with Gasteiger partial charge in [-0.1, -0.05) is 32.6 Å². The van der Waals surface area contributed by atoms with Gasteiger partial charge in [0.1, 0.15) is 12.4 Å². The van der Waals surface area contributed by atoms with E-state index in [4.69, 9.17) is 0 Å². The Balaban J connectivity index is 1.84. The molecule has 0 atom stereocenters. The van der Waals surface area contributed by atoms with Crippen LogP contribution in [0.1, 0.15) is 51.3 Å². The van der Waals surface area contributed by atoms with Gasteiger partial charge in [-0.15, -0.1) is 0 Å². The molecular formula is C14H23N3O. The molecule has 1 amide bonds. The first-order valence-corrected chi connectivity index (χ1v) is 7.09. The number of hydrogen-bond acceptors (Lipinski definition) is 2. The molecule has 0 spiro atoms. The number of carbonyl (C=O) groups excluding carboxylic acids is 1. The zero-order valence-electron chi connectivity index (χ0n) is 11.2. The van der Waals surface area contributed by atoms with Gasteiger partial charge < -0.3 is 9.88 Å². The van der Waals surface area contributed by atoms with Crippen LogP contribution >= 0.6 is 0 Å². The van der Waals surface area contributed by atoms with E-state index >= 15 is 0 Å². The molecule has 0 unspecified atom stereocenters. The predicted molar refractivity (Wildman–Crippen MR) is 71.2 cm³/mol. The minimum atomic E-state index is 0.120. The molecule has 1 heterocycles. The van der Waals surface area contributed by atoms with Gasteiger partial charge in [-0.2, -0.15) is 0 Å². The molecule has 0 radical (unpaired) electrons. The van der Waals surface area contributed by atoms with Crippen molar-refractivity contribution in [1.82, 2.24) is 14.9 Å². The second-order valence-corrected chi connectivity index (χ2v) is 5.08. The summed E-state index contributed by atoms with van der Waals surface area (Å²) in [6.07, 6.45) is 11.9. The van der Waals surface area contributed by atoms with Crippen molar-refractivity contribution in [3.05, 3.63) is 18.2 Å². The highest BCUT2D eigenvalue weighted by Crippen LogP contribution is 2.17. The minimum Gasteiger partial charge on any atom is -0.352 e. The topological polar surface area (TPSA) is 46.9 Å². The smallest absolute Gasteiger partial charge is 0.240 e. The van der Waals surface area contributed by atoms with Gasteiger partial charge in [-0.3, -0.25) is 4.79 Å². The van der Waals surface area contributed by atoms with E-state index in [9.17, 15) is 4.79 Å². The first-order valence-electron chi connectivity index (χ1n) is 7.09. The lowest BCUT2D eigenvalue weighted by atomic mass is 10.1. The molecular weight excluding hydrogens is 226 g/mol. The van der Waals surface area contributed by atoms with Crippen molar-refractivity contribution in [1.29, 1.82) is 0 Å². The van der Waals surface area contributed by atoms with Crippen LogP contribution in [0.5, 0.6) is 0 Å². The Labute approximate surface area is 109 Å². The van der Waals surface area contributed by atoms with Gasteiger partial charge >= 0.3 is 0 Å². The molecule has 1 N–H and O–H groups in total. The molecule has 1 fully saturated rings. The third-order valence-electron chi connectivity index (χ3n) is 3.65. The second kappa shape index (κ2) is 6.57. The SMILES string of the molecule is CCc1nccn1CC(=O)NC1CCCCCC1. The third kappa shape index (κ3) is 3.59. The van der Waals surface area contributed by atoms with Gasteiger partial charge in [0.2, 0.25) is 5.91 Å². The van der Waals surface area contributed by atoms with Crippen molar-refractivity contribution in [2.45, 2.75) is 64.5 Å². The molecule has 1 aromatic heterocycles. The van der Waals surface area contributed by atoms with Crippen LogP contribution in [0, 0.1) is 0 Å². The molecule has 0 saturated heterocycles. The summed E-state index contributed by atoms with van der Waals surface area (Å²) in [4.78, 5) is 16.2. The van der Waals surface area contributed by atoms with E-state index in [1.807, 2.05) is 10.8 Å². The minimum absolute atomic E-state index is 0.120. The highest BCUT2D eigenvalue weighted by atomic mass is 16.2. The number of carbonyl (C=O) groups is 1. The molecule has 0 aliphatic heterocycles. The van der Waals surface area contributed by atoms with Crippen molar-refractivity contribution in [2.24, 2.45) is 0 Å². The largest absolute Gasteiger partial charge is 0.352 e. The standard InChI is InChI=1S/C14H23N3O/c1-2-13-15-9-10-17(13)11-14(18)16-12-7-5-3-4-6-8-12/h9-10,12H,2-8,11H2,1H3,(H,16,18). The van der Waals surface area contributed by atoms with Gasteiger partial charge in [-0.25, -0.2) is 4.98 Å². The summed E-state index contributed by atoms with van der Waals surface area (Å²) in [5.41, 5.74) is 0. The number of hydrogen-bond donors (Lipinski definition) is 1. The van der Waals surface area contributed by atoms with Crippen LogP contribution in [0.4, 0.5) is 0 Å². The quantitative estimate of drug-likeness (QED) is 0.832. The Morgan fingerprint density at radius 3 is 2.78 bits per heavy atom. The molecule has 18 heavy (non-hydrogen) atoms. The Kier molecular flexibility index (Phi) is 4.79. The van der Waals surface area contributed by atoms with Gasteiger partial charge in [0, 0.05) is 24.9 Å². The van der Waals surface area contributed by atoms with Gasteiger partial charge in [0.05, 0.1) is 0 Å². The average Bonchev–Trinajstić information content (AvgIpc) is 2.64. The lowest BCUT2D eigenvalue weighted by Crippen LogP contribution is -2.36. The number of imidazole rings is 1. The summed E-state index contributed by atoms with van der Waals surface area (Å²) in [7, 11) is 0. The Morgan fingerprint density at radius 1 is 1.39 bits per heavy atom. The first-order chi connectivity index (χ1) is 8.79. The lowest BCUT2D eigenvalue weighted by molar-refractivity contribution is -0.122. The van der Waals surface area contributed by atoms with Crippen molar-refractivity contribution in [3.63, 3.8) is 0 Å². The van der Waals surface area contributed by atoms with Gasteiger partial charge in [0.25, 0.3) is 0 Å². The van der Waals surface area contributed by atoms with E-state index in [1.54, 1.807) is 6.20 Å². The van der Waals surface area contributed by atoms with Crippen molar-refractivity contribution in [3.8, 4) is 0 Å². The van der Waals surface area contributed by atoms with Gasteiger partial charge in [-0.05, 0) is 12.8 Å². The molecule has 1 aromatic rings. The van der Waals surface area contributed by atoms with Crippen molar-refractivity contribution >= 4 is 5.91 Å². The molecule has 4 nitrogen and oxygen atoms in total. The Hall–Kier alpha value is -1.32. The normalized spacial score (nSPS) is 17.4. The fraction of sp³-hybridized carbons (Fsp3) is 0.714. The fourth-order valence-corrected chi connectivity index (χ4v) is 2.65. The number of nitrogens with zero attached hydrogens (tertiary/aromatic N) is 2. The maximum atomic E-state index is 12.0. The number of aromatic nitrogens is 2. The van der Waals surface area contributed by atoms with E-state index in [0.717, 1.165) is 25.1 Å². The highest BCUT2D eigenvalue weighted by Gasteiger charge is 2.15. The van der Waals surface area contributed by atoms with Crippen molar-refractivity contribution < 1.29 is 4.79 Å². The Morgan fingerprint density at radius 2 is 2.11 bits per heavy atom. The summed E-state index contributed by atoms with van der Waals surface area (Å²) in [6.45, 7) is 2.46. The van der Waals surface area contributed by atoms with E-state index in [2.05, 4.69) is 17.2 Å². The molecule has 1 aliphatic carbocycles. The number of rotatable bonds is 4. The van der Waals surface area contributed by atoms with Crippen LogP contribution in [0.2, 0.25) is 0 Å². The molecule has 1 aliphatic rings. The van der Waals surface area contributed by atoms with Crippen LogP contribution in [0.25, 0.3) is 0 Å². The maximum Gasteiger partial charge on any atom is 0.240 e. The summed E-state index contributed by atoms with van der Waals surface area (Å²) < 4.78 is 1.94. The van der Waals surface area contributed by atoms with Crippen LogP contribution in [-0.2, 0) is 17.8 Å². The zero-order chi connectivity index (χ0) is 12.8. The highest BCUT2D eigenvalue weighted by molar-refractivity contribution is 5.76. The van der Waals surface area contributed by atoms with Crippen LogP contribution in [0.3, 0.4) is 0 Å². The predicted octanol–water partition coefficient (Wildman–Crippen LogP) is 2.28. The monoisotopic (exact) mass is 249 g/mol. The number of nitrogens with one attached hydrogen (secondary N) is 1. The molecule has 100 valence electrons. The molecule has 2 rings (SSSR count). The summed E-state index contributed by atoms with van der Waals surface area (Å²) >= 11 is 0. The second-order valence-electron chi connectivity index (χ2n) is 5.08. The summed E-state index contributed by atoms with van der Waals surface area (Å²) in [6, 6.07) is 0.383. The first kappa shape index (κ1) is 13.1. The van der Waals surface area contributed by atoms with Crippen LogP contribution in [-0.4, -0.2) is 21.5 Å². The molecule has 1 saturated carbocycles. The average molecular weight is 249 g/mol. The summed E-state index contributed by atoms with van der Waals surface area (Å²) in [5, 5.41) is 3.16. The van der Waals surface area contributed by atoms with E-state index < -0.39 is 0 Å². The van der Waals surface area contributed by atoms with Crippen LogP contribution < -0.4 is 5.32 Å². The number of aryl methyl sites for hydroxylation is 1. The van der Waals surface area contributed by atoms with Crippen LogP contribution in [0.15, 0.2) is 12.4 Å². The molecule has 4 heteroatoms. The van der Waals surface area contributed by atoms with E-state index in [-0.39, 0.29) is 5.91 Å². The van der Waals surface area contributed by atoms with Gasteiger partial charge in [0.15, 0.2) is 0 Å². The summed E-state index contributed by atoms with van der Waals surface area (Å²) in [5.74, 6) is 1.10. The third-order valence-corrected chi connectivity index (χ3v) is 3.65. The van der Waals surface area contributed by atoms with E-state index in [1.165, 1.54) is 25.7 Å². The molecule has 0 bridgehead atoms. The molecule has 0 aromatic carbocycles. The van der Waals surface area contributed by atoms with E-state index in [0.29, 0.717) is 12.6 Å². The number of amides is 1.